The molecule has 8 atom stereocenters. The molecule has 1 aliphatic heterocycles. The van der Waals surface area contributed by atoms with E-state index in [0.717, 1.165) is 48.2 Å². The first kappa shape index (κ1) is 46.5. The van der Waals surface area contributed by atoms with Crippen molar-refractivity contribution in [3.8, 4) is 0 Å². The Bertz CT molecular complexity index is 1230. The molecule has 8 unspecified atom stereocenters. The first-order valence-corrected chi connectivity index (χ1v) is 20.7. The number of unbranched alkanes of at least 4 members (excludes halogenated alkanes) is 10. The van der Waals surface area contributed by atoms with Crippen molar-refractivity contribution in [1.82, 2.24) is 16.0 Å². The molecule has 1 saturated heterocycles. The van der Waals surface area contributed by atoms with Crippen LogP contribution in [0.3, 0.4) is 0 Å². The molecule has 11 nitrogen and oxygen atoms in total. The summed E-state index contributed by atoms with van der Waals surface area (Å²) in [5.41, 5.74) is 1.11. The van der Waals surface area contributed by atoms with Crippen LogP contribution in [0.2, 0.25) is 0 Å². The van der Waals surface area contributed by atoms with E-state index in [1.165, 1.54) is 51.9 Å². The zero-order valence-corrected chi connectivity index (χ0v) is 34.4. The molecule has 53 heavy (non-hydrogen) atoms. The lowest BCUT2D eigenvalue weighted by Gasteiger charge is -2.32. The number of hydrogen-bond donors (Lipinski definition) is 4. The monoisotopic (exact) mass is 763 g/mol. The zero-order chi connectivity index (χ0) is 39.3. The minimum Gasteiger partial charge on any atom is -0.463 e. The second-order valence-corrected chi connectivity index (χ2v) is 16.1. The quantitative estimate of drug-likeness (QED) is 0.0672. The molecule has 2 amide bonds. The predicted octanol–water partition coefficient (Wildman–Crippen LogP) is 6.81. The minimum absolute atomic E-state index is 0.0128. The van der Waals surface area contributed by atoms with Crippen molar-refractivity contribution in [3.05, 3.63) is 29.8 Å². The van der Waals surface area contributed by atoms with E-state index in [0.29, 0.717) is 6.42 Å². The average Bonchev–Trinajstić information content (AvgIpc) is 3.12. The fraction of sp³-hybridized carbons (Fsp3) is 0.756. The maximum Gasteiger partial charge on any atom is 0.332 e. The smallest absolute Gasteiger partial charge is 0.332 e. The van der Waals surface area contributed by atoms with Crippen molar-refractivity contribution in [3.63, 3.8) is 0 Å². The number of aliphatic hydroxyl groups is 1. The highest BCUT2D eigenvalue weighted by atomic mass is 32.2. The third-order valence-corrected chi connectivity index (χ3v) is 11.1. The molecule has 12 heteroatoms. The SMILES string of the molecule is CCCCCCCCCCCCCC1OC(=O)C(COC(C)=O)NC(=O)C(C(C)OSc2ccc(C)cc2)NCC(C(C)C)NC(=O)C(C)C(O)C1C. The van der Waals surface area contributed by atoms with Gasteiger partial charge in [-0.3, -0.25) is 14.4 Å². The second-order valence-electron chi connectivity index (χ2n) is 15.2. The summed E-state index contributed by atoms with van der Waals surface area (Å²) in [4.78, 5) is 54.1. The lowest BCUT2D eigenvalue weighted by atomic mass is 9.86. The molecule has 4 N–H and O–H groups in total. The summed E-state index contributed by atoms with van der Waals surface area (Å²) in [6.07, 6.45) is 10.7. The van der Waals surface area contributed by atoms with Crippen LogP contribution in [0.1, 0.15) is 131 Å². The van der Waals surface area contributed by atoms with Crippen molar-refractivity contribution in [2.24, 2.45) is 17.8 Å². The predicted molar refractivity (Wildman–Crippen MR) is 210 cm³/mol. The third kappa shape index (κ3) is 17.6. The van der Waals surface area contributed by atoms with Gasteiger partial charge in [0.1, 0.15) is 18.8 Å². The van der Waals surface area contributed by atoms with Gasteiger partial charge in [-0.15, -0.1) is 0 Å². The van der Waals surface area contributed by atoms with Crippen LogP contribution in [-0.4, -0.2) is 78.4 Å². The molecular weight excluding hydrogens is 695 g/mol. The zero-order valence-electron chi connectivity index (χ0n) is 33.6. The number of aliphatic hydroxyl groups excluding tert-OH is 1. The Balaban J connectivity index is 2.29. The Labute approximate surface area is 323 Å². The number of cyclic esters (lactones) is 1. The fourth-order valence-corrected chi connectivity index (χ4v) is 7.03. The number of aryl methyl sites for hydroxylation is 1. The third-order valence-electron chi connectivity index (χ3n) is 10.2. The van der Waals surface area contributed by atoms with Crippen LogP contribution in [0.5, 0.6) is 0 Å². The van der Waals surface area contributed by atoms with Crippen LogP contribution in [-0.2, 0) is 32.8 Å². The number of esters is 2. The maximum atomic E-state index is 14.0. The molecule has 0 saturated carbocycles. The number of benzene rings is 1. The summed E-state index contributed by atoms with van der Waals surface area (Å²) in [5, 5.41) is 20.6. The van der Waals surface area contributed by atoms with Crippen molar-refractivity contribution >= 4 is 35.8 Å². The van der Waals surface area contributed by atoms with Crippen LogP contribution in [0.4, 0.5) is 0 Å². The standard InChI is InChI=1S/C41H69N3O8S/c1-9-10-11-12-13-14-15-16-17-18-19-20-36-29(5)38(46)30(6)39(47)43-34(27(2)3)25-42-37(31(7)52-53-33-23-21-28(4)22-24-33)40(48)44-35(41(49)51-36)26-50-32(8)45/h21-24,27,29-31,34-38,42,46H,9-20,25-26H2,1-8H3,(H,43,47)(H,44,48). The molecule has 302 valence electrons. The van der Waals surface area contributed by atoms with E-state index in [-0.39, 0.29) is 24.4 Å². The Morgan fingerprint density at radius 2 is 1.49 bits per heavy atom. The molecule has 1 heterocycles. The van der Waals surface area contributed by atoms with Gasteiger partial charge in [0, 0.05) is 42.4 Å². The molecule has 0 radical (unpaired) electrons. The van der Waals surface area contributed by atoms with Gasteiger partial charge < -0.3 is 34.7 Å². The second kappa shape index (κ2) is 25.4. The Morgan fingerprint density at radius 1 is 0.906 bits per heavy atom. The normalized spacial score (nSPS) is 25.5. The van der Waals surface area contributed by atoms with Gasteiger partial charge in [0.15, 0.2) is 6.04 Å². The van der Waals surface area contributed by atoms with Crippen molar-refractivity contribution in [2.45, 2.75) is 174 Å². The number of nitrogens with one attached hydrogen (secondary N) is 3. The van der Waals surface area contributed by atoms with Gasteiger partial charge in [-0.2, -0.15) is 0 Å². The minimum atomic E-state index is -1.31. The molecule has 1 fully saturated rings. The number of amides is 2. The van der Waals surface area contributed by atoms with E-state index < -0.39 is 66.7 Å². The largest absolute Gasteiger partial charge is 0.463 e. The van der Waals surface area contributed by atoms with E-state index in [1.807, 2.05) is 45.0 Å². The number of rotatable bonds is 19. The fourth-order valence-electron chi connectivity index (χ4n) is 6.41. The molecule has 0 bridgehead atoms. The van der Waals surface area contributed by atoms with Crippen molar-refractivity contribution in [1.29, 1.82) is 0 Å². The molecule has 0 aliphatic carbocycles. The van der Waals surface area contributed by atoms with Gasteiger partial charge in [-0.25, -0.2) is 4.79 Å². The molecule has 0 aromatic heterocycles. The van der Waals surface area contributed by atoms with E-state index in [9.17, 15) is 24.3 Å². The van der Waals surface area contributed by atoms with Crippen molar-refractivity contribution < 1.29 is 37.9 Å². The highest BCUT2D eigenvalue weighted by Crippen LogP contribution is 2.26. The molecule has 1 aromatic carbocycles. The van der Waals surface area contributed by atoms with Gasteiger partial charge >= 0.3 is 11.9 Å². The number of carbonyl (C=O) groups excluding carboxylic acids is 4. The Hall–Kier alpha value is -2.67. The summed E-state index contributed by atoms with van der Waals surface area (Å²) in [6, 6.07) is 5.14. The average molecular weight is 764 g/mol. The Kier molecular flexibility index (Phi) is 22.3. The van der Waals surface area contributed by atoms with E-state index in [4.69, 9.17) is 13.7 Å². The summed E-state index contributed by atoms with van der Waals surface area (Å²) in [5.74, 6) is -3.66. The van der Waals surface area contributed by atoms with Crippen molar-refractivity contribution in [2.75, 3.05) is 13.2 Å². The highest BCUT2D eigenvalue weighted by Gasteiger charge is 2.38. The van der Waals surface area contributed by atoms with Crippen LogP contribution >= 0.6 is 12.0 Å². The van der Waals surface area contributed by atoms with Gasteiger partial charge in [-0.1, -0.05) is 117 Å². The lowest BCUT2D eigenvalue weighted by molar-refractivity contribution is -0.162. The van der Waals surface area contributed by atoms with Crippen LogP contribution < -0.4 is 16.0 Å². The van der Waals surface area contributed by atoms with E-state index in [2.05, 4.69) is 22.9 Å². The molecule has 1 aromatic rings. The van der Waals surface area contributed by atoms with E-state index in [1.54, 1.807) is 20.8 Å². The topological polar surface area (TPSA) is 152 Å². The van der Waals surface area contributed by atoms with Crippen LogP contribution in [0, 0.1) is 24.7 Å². The first-order valence-electron chi connectivity index (χ1n) is 20.0. The van der Waals surface area contributed by atoms with Gasteiger partial charge in [0.25, 0.3) is 0 Å². The number of carbonyl (C=O) groups is 4. The van der Waals surface area contributed by atoms with Gasteiger partial charge in [-0.05, 0) is 44.7 Å². The summed E-state index contributed by atoms with van der Waals surface area (Å²) >= 11 is 1.13. The highest BCUT2D eigenvalue weighted by molar-refractivity contribution is 7.94. The van der Waals surface area contributed by atoms with Gasteiger partial charge in [0.05, 0.1) is 18.1 Å². The van der Waals surface area contributed by atoms with E-state index >= 15 is 0 Å². The molecule has 0 spiro atoms. The molecule has 2 rings (SSSR count). The molecular formula is C41H69N3O8S. The van der Waals surface area contributed by atoms with Gasteiger partial charge in [0.2, 0.25) is 11.8 Å². The van der Waals surface area contributed by atoms with Crippen LogP contribution in [0.25, 0.3) is 0 Å². The number of ether oxygens (including phenoxy) is 2. The summed E-state index contributed by atoms with van der Waals surface area (Å²) in [7, 11) is 0. The Morgan fingerprint density at radius 3 is 2.06 bits per heavy atom. The van der Waals surface area contributed by atoms with Crippen LogP contribution in [0.15, 0.2) is 29.2 Å². The summed E-state index contributed by atoms with van der Waals surface area (Å²) < 4.78 is 17.4. The lowest BCUT2D eigenvalue weighted by Crippen LogP contribution is -2.58. The maximum absolute atomic E-state index is 14.0. The summed E-state index contributed by atoms with van der Waals surface area (Å²) in [6.45, 7) is 14.4. The molecule has 1 aliphatic rings. The first-order chi connectivity index (χ1) is 25.2. The number of hydrogen-bond acceptors (Lipinski definition) is 10.